The number of nitrogens with zero attached hydrogens (tertiary/aromatic N) is 1. The standard InChI is InChI=1S/C29H32N2O4/c1-19(2)27(21-12-13-25-26(17-21)35-16-15-34-25)30-28(32)22-9-6-14-31(18-22)29(33)24-11-5-8-20-7-3-4-10-23(20)24/h3-5,7-8,10-13,17,19,22,27H,6,9,14-16,18H2,1-2H3,(H,30,32). The highest BCUT2D eigenvalue weighted by Gasteiger charge is 2.31. The molecule has 1 N–H and O–H groups in total. The molecule has 2 aliphatic rings. The number of fused-ring (bicyclic) bond motifs is 2. The average molecular weight is 473 g/mol. The zero-order valence-electron chi connectivity index (χ0n) is 20.3. The highest BCUT2D eigenvalue weighted by Crippen LogP contribution is 2.35. The average Bonchev–Trinajstić information content (AvgIpc) is 2.90. The first-order valence-electron chi connectivity index (χ1n) is 12.5. The topological polar surface area (TPSA) is 67.9 Å². The first-order chi connectivity index (χ1) is 17.0. The highest BCUT2D eigenvalue weighted by atomic mass is 16.6. The number of ether oxygens (including phenoxy) is 2. The van der Waals surface area contributed by atoms with Gasteiger partial charge in [-0.25, -0.2) is 0 Å². The van der Waals surface area contributed by atoms with E-state index >= 15 is 0 Å². The van der Waals surface area contributed by atoms with Crippen molar-refractivity contribution in [1.29, 1.82) is 0 Å². The molecule has 6 heteroatoms. The normalized spacial score (nSPS) is 18.4. The fourth-order valence-corrected chi connectivity index (χ4v) is 5.12. The van der Waals surface area contributed by atoms with E-state index in [1.807, 2.05) is 65.6 Å². The van der Waals surface area contributed by atoms with Crippen molar-refractivity contribution in [2.45, 2.75) is 32.7 Å². The summed E-state index contributed by atoms with van der Waals surface area (Å²) < 4.78 is 11.4. The van der Waals surface area contributed by atoms with Crippen molar-refractivity contribution in [1.82, 2.24) is 10.2 Å². The van der Waals surface area contributed by atoms with Crippen LogP contribution in [0, 0.1) is 11.8 Å². The lowest BCUT2D eigenvalue weighted by Gasteiger charge is -2.34. The molecular weight excluding hydrogens is 440 g/mol. The van der Waals surface area contributed by atoms with Gasteiger partial charge in [0.05, 0.1) is 12.0 Å². The van der Waals surface area contributed by atoms with Crippen molar-refractivity contribution in [3.05, 3.63) is 71.8 Å². The summed E-state index contributed by atoms with van der Waals surface area (Å²) in [6.45, 7) is 6.36. The molecule has 3 aromatic rings. The van der Waals surface area contributed by atoms with E-state index in [1.165, 1.54) is 0 Å². The lowest BCUT2D eigenvalue weighted by Crippen LogP contribution is -2.46. The van der Waals surface area contributed by atoms with Gasteiger partial charge in [-0.1, -0.05) is 56.3 Å². The molecule has 2 heterocycles. The molecule has 0 saturated carbocycles. The molecule has 5 rings (SSSR count). The van der Waals surface area contributed by atoms with Gasteiger partial charge in [0.1, 0.15) is 13.2 Å². The van der Waals surface area contributed by atoms with Gasteiger partial charge in [-0.15, -0.1) is 0 Å². The van der Waals surface area contributed by atoms with Gasteiger partial charge in [-0.2, -0.15) is 0 Å². The van der Waals surface area contributed by atoms with E-state index in [-0.39, 0.29) is 29.7 Å². The summed E-state index contributed by atoms with van der Waals surface area (Å²) in [5, 5.41) is 5.26. The number of piperidine rings is 1. The molecule has 0 bridgehead atoms. The van der Waals surface area contributed by atoms with Crippen molar-refractivity contribution < 1.29 is 19.1 Å². The van der Waals surface area contributed by atoms with Gasteiger partial charge >= 0.3 is 0 Å². The van der Waals surface area contributed by atoms with Crippen LogP contribution < -0.4 is 14.8 Å². The Balaban J connectivity index is 1.30. The third-order valence-electron chi connectivity index (χ3n) is 6.99. The smallest absolute Gasteiger partial charge is 0.254 e. The Hall–Kier alpha value is -3.54. The number of hydrogen-bond donors (Lipinski definition) is 1. The third-order valence-corrected chi connectivity index (χ3v) is 6.99. The Labute approximate surface area is 206 Å². The molecule has 6 nitrogen and oxygen atoms in total. The molecule has 182 valence electrons. The van der Waals surface area contributed by atoms with Crippen LogP contribution in [0.1, 0.15) is 48.7 Å². The summed E-state index contributed by atoms with van der Waals surface area (Å²) in [5.74, 6) is 1.40. The fourth-order valence-electron chi connectivity index (χ4n) is 5.12. The van der Waals surface area contributed by atoms with Crippen molar-refractivity contribution in [2.75, 3.05) is 26.3 Å². The number of rotatable bonds is 5. The van der Waals surface area contributed by atoms with Gasteiger partial charge in [0, 0.05) is 18.7 Å². The van der Waals surface area contributed by atoms with E-state index in [0.29, 0.717) is 31.9 Å². The monoisotopic (exact) mass is 472 g/mol. The molecule has 2 amide bonds. The predicted octanol–water partition coefficient (Wildman–Crippen LogP) is 4.98. The second-order valence-corrected chi connectivity index (χ2v) is 9.75. The van der Waals surface area contributed by atoms with Crippen LogP contribution in [-0.2, 0) is 4.79 Å². The molecule has 3 aromatic carbocycles. The molecule has 2 atom stereocenters. The number of carbonyl (C=O) groups is 2. The maximum absolute atomic E-state index is 13.4. The molecule has 0 aromatic heterocycles. The minimum absolute atomic E-state index is 0.00555. The van der Waals surface area contributed by atoms with E-state index in [9.17, 15) is 9.59 Å². The molecule has 1 saturated heterocycles. The quantitative estimate of drug-likeness (QED) is 0.569. The summed E-state index contributed by atoms with van der Waals surface area (Å²) in [4.78, 5) is 28.7. The zero-order valence-corrected chi connectivity index (χ0v) is 20.3. The summed E-state index contributed by atoms with van der Waals surface area (Å²) in [6.07, 6.45) is 1.59. The fraction of sp³-hybridized carbons (Fsp3) is 0.379. The largest absolute Gasteiger partial charge is 0.486 e. The van der Waals surface area contributed by atoms with E-state index in [2.05, 4.69) is 19.2 Å². The van der Waals surface area contributed by atoms with Crippen molar-refractivity contribution in [2.24, 2.45) is 11.8 Å². The Bertz CT molecular complexity index is 1230. The Morgan fingerprint density at radius 3 is 2.57 bits per heavy atom. The third kappa shape index (κ3) is 4.83. The molecule has 0 aliphatic carbocycles. The minimum Gasteiger partial charge on any atom is -0.486 e. The Kier molecular flexibility index (Phi) is 6.62. The van der Waals surface area contributed by atoms with Crippen LogP contribution >= 0.6 is 0 Å². The van der Waals surface area contributed by atoms with Crippen LogP contribution in [0.5, 0.6) is 11.5 Å². The number of benzene rings is 3. The minimum atomic E-state index is -0.235. The van der Waals surface area contributed by atoms with Gasteiger partial charge in [0.15, 0.2) is 11.5 Å². The number of hydrogen-bond acceptors (Lipinski definition) is 4. The van der Waals surface area contributed by atoms with Crippen LogP contribution in [0.15, 0.2) is 60.7 Å². The number of nitrogens with one attached hydrogen (secondary N) is 1. The van der Waals surface area contributed by atoms with Crippen LogP contribution in [0.4, 0.5) is 0 Å². The first-order valence-corrected chi connectivity index (χ1v) is 12.5. The molecule has 35 heavy (non-hydrogen) atoms. The summed E-state index contributed by atoms with van der Waals surface area (Å²) in [6, 6.07) is 19.5. The van der Waals surface area contributed by atoms with Gasteiger partial charge in [-0.05, 0) is 53.3 Å². The molecular formula is C29H32N2O4. The maximum atomic E-state index is 13.4. The first kappa shape index (κ1) is 23.2. The summed E-state index contributed by atoms with van der Waals surface area (Å²) >= 11 is 0. The van der Waals surface area contributed by atoms with E-state index < -0.39 is 0 Å². The van der Waals surface area contributed by atoms with E-state index in [1.54, 1.807) is 0 Å². The second-order valence-electron chi connectivity index (χ2n) is 9.75. The molecule has 2 aliphatic heterocycles. The molecule has 1 fully saturated rings. The Morgan fingerprint density at radius 1 is 0.971 bits per heavy atom. The van der Waals surface area contributed by atoms with Crippen LogP contribution in [-0.4, -0.2) is 43.0 Å². The van der Waals surface area contributed by atoms with Gasteiger partial charge < -0.3 is 19.7 Å². The van der Waals surface area contributed by atoms with Crippen LogP contribution in [0.25, 0.3) is 10.8 Å². The Morgan fingerprint density at radius 2 is 1.74 bits per heavy atom. The van der Waals surface area contributed by atoms with Crippen molar-refractivity contribution in [3.63, 3.8) is 0 Å². The number of likely N-dealkylation sites (tertiary alicyclic amines) is 1. The van der Waals surface area contributed by atoms with Crippen LogP contribution in [0.3, 0.4) is 0 Å². The maximum Gasteiger partial charge on any atom is 0.254 e. The predicted molar refractivity (Wildman–Crippen MR) is 136 cm³/mol. The van der Waals surface area contributed by atoms with Gasteiger partial charge in [-0.3, -0.25) is 9.59 Å². The zero-order chi connectivity index (χ0) is 24.4. The SMILES string of the molecule is CC(C)C(NC(=O)C1CCCN(C(=O)c2cccc3ccccc23)C1)c1ccc2c(c1)OCCO2. The summed E-state index contributed by atoms with van der Waals surface area (Å²) in [5.41, 5.74) is 1.69. The van der Waals surface area contributed by atoms with Gasteiger partial charge in [0.2, 0.25) is 5.91 Å². The van der Waals surface area contributed by atoms with E-state index in [0.717, 1.165) is 40.7 Å². The lowest BCUT2D eigenvalue weighted by molar-refractivity contribution is -0.127. The van der Waals surface area contributed by atoms with Crippen molar-refractivity contribution >= 4 is 22.6 Å². The lowest BCUT2D eigenvalue weighted by atomic mass is 9.92. The number of amides is 2. The van der Waals surface area contributed by atoms with Crippen molar-refractivity contribution in [3.8, 4) is 11.5 Å². The molecule has 2 unspecified atom stereocenters. The second kappa shape index (κ2) is 9.98. The van der Waals surface area contributed by atoms with E-state index in [4.69, 9.17) is 9.47 Å². The highest BCUT2D eigenvalue weighted by molar-refractivity contribution is 6.07. The summed E-state index contributed by atoms with van der Waals surface area (Å²) in [7, 11) is 0. The number of carbonyl (C=O) groups excluding carboxylic acids is 2. The van der Waals surface area contributed by atoms with Gasteiger partial charge in [0.25, 0.3) is 5.91 Å². The molecule has 0 spiro atoms. The molecule has 0 radical (unpaired) electrons. The van der Waals surface area contributed by atoms with Crippen LogP contribution in [0.2, 0.25) is 0 Å².